The first-order valence-corrected chi connectivity index (χ1v) is 8.79. The Kier molecular flexibility index (Phi) is 5.25. The van der Waals surface area contributed by atoms with Crippen molar-refractivity contribution in [2.75, 3.05) is 0 Å². The van der Waals surface area contributed by atoms with Gasteiger partial charge in [-0.15, -0.1) is 0 Å². The van der Waals surface area contributed by atoms with E-state index in [1.165, 1.54) is 6.07 Å². The summed E-state index contributed by atoms with van der Waals surface area (Å²) >= 11 is 12.0. The summed E-state index contributed by atoms with van der Waals surface area (Å²) in [5.41, 5.74) is 2.05. The summed E-state index contributed by atoms with van der Waals surface area (Å²) in [5.74, 6) is 0. The van der Waals surface area contributed by atoms with Gasteiger partial charge in [0.25, 0.3) is 6.43 Å². The Labute approximate surface area is 154 Å². The first kappa shape index (κ1) is 18.1. The summed E-state index contributed by atoms with van der Waals surface area (Å²) in [5, 5.41) is 5.60. The zero-order chi connectivity index (χ0) is 18.1. The van der Waals surface area contributed by atoms with E-state index >= 15 is 0 Å². The third-order valence-corrected chi connectivity index (χ3v) is 4.82. The highest BCUT2D eigenvalue weighted by atomic mass is 35.5. The van der Waals surface area contributed by atoms with E-state index in [-0.39, 0.29) is 5.56 Å². The van der Waals surface area contributed by atoms with Gasteiger partial charge in [-0.2, -0.15) is 5.10 Å². The number of halogens is 4. The Bertz CT molecular complexity index is 922. The van der Waals surface area contributed by atoms with Crippen molar-refractivity contribution in [3.05, 3.63) is 45.6 Å². The van der Waals surface area contributed by atoms with Crippen molar-refractivity contribution in [2.24, 2.45) is 0 Å². The van der Waals surface area contributed by atoms with E-state index < -0.39 is 6.43 Å². The van der Waals surface area contributed by atoms with Gasteiger partial charge in [-0.1, -0.05) is 42.6 Å². The molecule has 0 spiro atoms. The van der Waals surface area contributed by atoms with Crippen LogP contribution in [0.4, 0.5) is 8.78 Å². The van der Waals surface area contributed by atoms with E-state index in [9.17, 15) is 8.78 Å². The molecule has 3 nitrogen and oxygen atoms in total. The molecule has 0 fully saturated rings. The molecule has 0 bridgehead atoms. The second-order valence-corrected chi connectivity index (χ2v) is 6.70. The summed E-state index contributed by atoms with van der Waals surface area (Å²) < 4.78 is 29.0. The lowest BCUT2D eigenvalue weighted by atomic mass is 10.1. The number of hydrogen-bond donors (Lipinski definition) is 0. The summed E-state index contributed by atoms with van der Waals surface area (Å²) in [6.07, 6.45) is -0.734. The molecule has 0 aliphatic heterocycles. The molecule has 0 aliphatic carbocycles. The average Bonchev–Trinajstić information content (AvgIpc) is 2.90. The minimum absolute atomic E-state index is 0.0636. The van der Waals surface area contributed by atoms with Crippen LogP contribution in [-0.4, -0.2) is 14.8 Å². The molecule has 0 radical (unpaired) electrons. The van der Waals surface area contributed by atoms with Gasteiger partial charge in [-0.05, 0) is 31.5 Å². The minimum atomic E-state index is -2.62. The van der Waals surface area contributed by atoms with Crippen molar-refractivity contribution in [1.82, 2.24) is 14.8 Å². The molecule has 0 N–H and O–H groups in total. The van der Waals surface area contributed by atoms with Crippen molar-refractivity contribution in [3.63, 3.8) is 0 Å². The summed E-state index contributed by atoms with van der Waals surface area (Å²) in [6.45, 7) is 4.44. The third-order valence-electron chi connectivity index (χ3n) is 4.08. The highest BCUT2D eigenvalue weighted by Crippen LogP contribution is 2.34. The monoisotopic (exact) mass is 383 g/mol. The maximum Gasteiger partial charge on any atom is 0.264 e. The molecule has 7 heteroatoms. The number of nitrogens with zero attached hydrogens (tertiary/aromatic N) is 3. The van der Waals surface area contributed by atoms with Gasteiger partial charge in [0, 0.05) is 17.7 Å². The normalized spacial score (nSPS) is 11.6. The Morgan fingerprint density at radius 2 is 1.92 bits per heavy atom. The number of unbranched alkanes of at least 4 members (excludes halogenated alkanes) is 1. The van der Waals surface area contributed by atoms with Crippen LogP contribution >= 0.6 is 23.2 Å². The summed E-state index contributed by atoms with van der Waals surface area (Å²) in [4.78, 5) is 4.60. The predicted octanol–water partition coefficient (Wildman–Crippen LogP) is 6.45. The third kappa shape index (κ3) is 3.48. The van der Waals surface area contributed by atoms with Crippen LogP contribution in [0.15, 0.2) is 24.3 Å². The maximum atomic E-state index is 13.7. The number of hydrogen-bond acceptors (Lipinski definition) is 2. The number of aromatic nitrogens is 3. The molecular weight excluding hydrogens is 367 g/mol. The van der Waals surface area contributed by atoms with E-state index in [4.69, 9.17) is 23.2 Å². The topological polar surface area (TPSA) is 30.7 Å². The highest BCUT2D eigenvalue weighted by Gasteiger charge is 2.21. The fourth-order valence-electron chi connectivity index (χ4n) is 2.83. The largest absolute Gasteiger partial charge is 0.264 e. The molecule has 2 heterocycles. The van der Waals surface area contributed by atoms with E-state index in [1.807, 2.05) is 0 Å². The molecule has 1 aromatic carbocycles. The van der Waals surface area contributed by atoms with Gasteiger partial charge in [0.05, 0.1) is 26.8 Å². The molecule has 0 saturated carbocycles. The van der Waals surface area contributed by atoms with E-state index in [1.54, 1.807) is 29.8 Å². The molecule has 3 rings (SSSR count). The Morgan fingerprint density at radius 3 is 2.56 bits per heavy atom. The van der Waals surface area contributed by atoms with Gasteiger partial charge >= 0.3 is 0 Å². The molecule has 0 unspecified atom stereocenters. The number of benzene rings is 1. The number of alkyl halides is 2. The van der Waals surface area contributed by atoms with Gasteiger partial charge in [0.15, 0.2) is 5.65 Å². The Balaban J connectivity index is 2.24. The predicted molar refractivity (Wildman–Crippen MR) is 97.6 cm³/mol. The Morgan fingerprint density at radius 1 is 1.16 bits per heavy atom. The van der Waals surface area contributed by atoms with Crippen LogP contribution in [0.5, 0.6) is 0 Å². The van der Waals surface area contributed by atoms with Crippen molar-refractivity contribution in [3.8, 4) is 11.3 Å². The molecule has 2 aromatic heterocycles. The molecule has 0 amide bonds. The van der Waals surface area contributed by atoms with Crippen molar-refractivity contribution < 1.29 is 8.78 Å². The second-order valence-electron chi connectivity index (χ2n) is 5.89. The lowest BCUT2D eigenvalue weighted by Crippen LogP contribution is -2.02. The van der Waals surface area contributed by atoms with Crippen LogP contribution in [0.1, 0.15) is 37.4 Å². The molecule has 25 heavy (non-hydrogen) atoms. The van der Waals surface area contributed by atoms with Crippen LogP contribution in [0.3, 0.4) is 0 Å². The van der Waals surface area contributed by atoms with Gasteiger partial charge in [0.2, 0.25) is 0 Å². The molecule has 132 valence electrons. The standard InChI is InChI=1S/C18H17Cl2F2N3/c1-3-4-7-25-18-16(10(2)24-25)12(17(21)22)9-15(23-18)11-5-6-13(19)14(20)8-11/h5-6,8-9,17H,3-4,7H2,1-2H3. The Hall–Kier alpha value is -1.72. The fraction of sp³-hybridized carbons (Fsp3) is 0.333. The van der Waals surface area contributed by atoms with Crippen LogP contribution in [0, 0.1) is 6.92 Å². The maximum absolute atomic E-state index is 13.7. The van der Waals surface area contributed by atoms with Crippen LogP contribution in [0.25, 0.3) is 22.3 Å². The lowest BCUT2D eigenvalue weighted by Gasteiger charge is -2.09. The average molecular weight is 384 g/mol. The zero-order valence-electron chi connectivity index (χ0n) is 13.9. The molecule has 0 aliphatic rings. The van der Waals surface area contributed by atoms with Crippen molar-refractivity contribution in [1.29, 1.82) is 0 Å². The van der Waals surface area contributed by atoms with Gasteiger partial charge in [-0.25, -0.2) is 18.4 Å². The lowest BCUT2D eigenvalue weighted by molar-refractivity contribution is 0.153. The number of fused-ring (bicyclic) bond motifs is 1. The zero-order valence-corrected chi connectivity index (χ0v) is 15.4. The molecule has 0 atom stereocenters. The molecule has 3 aromatic rings. The fourth-order valence-corrected chi connectivity index (χ4v) is 3.12. The summed E-state index contributed by atoms with van der Waals surface area (Å²) in [6, 6.07) is 6.39. The minimum Gasteiger partial charge on any atom is -0.247 e. The number of aryl methyl sites for hydroxylation is 2. The first-order valence-electron chi connectivity index (χ1n) is 8.04. The van der Waals surface area contributed by atoms with E-state index in [2.05, 4.69) is 17.0 Å². The quantitative estimate of drug-likeness (QED) is 0.506. The van der Waals surface area contributed by atoms with Crippen molar-refractivity contribution in [2.45, 2.75) is 39.7 Å². The number of pyridine rings is 1. The SMILES string of the molecule is CCCCn1nc(C)c2c(C(F)F)cc(-c3ccc(Cl)c(Cl)c3)nc21. The summed E-state index contributed by atoms with van der Waals surface area (Å²) in [7, 11) is 0. The van der Waals surface area contributed by atoms with Crippen LogP contribution in [-0.2, 0) is 6.54 Å². The highest BCUT2D eigenvalue weighted by molar-refractivity contribution is 6.42. The van der Waals surface area contributed by atoms with Gasteiger partial charge in [-0.3, -0.25) is 0 Å². The smallest absolute Gasteiger partial charge is 0.247 e. The second kappa shape index (κ2) is 7.26. The molecular formula is C18H17Cl2F2N3. The first-order chi connectivity index (χ1) is 11.9. The van der Waals surface area contributed by atoms with Crippen LogP contribution < -0.4 is 0 Å². The van der Waals surface area contributed by atoms with Gasteiger partial charge < -0.3 is 0 Å². The van der Waals surface area contributed by atoms with E-state index in [0.29, 0.717) is 44.6 Å². The van der Waals surface area contributed by atoms with E-state index in [0.717, 1.165) is 12.8 Å². The van der Waals surface area contributed by atoms with Gasteiger partial charge in [0.1, 0.15) is 0 Å². The molecule has 0 saturated heterocycles. The number of rotatable bonds is 5. The van der Waals surface area contributed by atoms with Crippen LogP contribution in [0.2, 0.25) is 10.0 Å². The van der Waals surface area contributed by atoms with Crippen molar-refractivity contribution >= 4 is 34.2 Å².